The van der Waals surface area contributed by atoms with Gasteiger partial charge in [0, 0.05) is 19.3 Å². The van der Waals surface area contributed by atoms with E-state index < -0.39 is 0 Å². The Hall–Kier alpha value is -1.24. The van der Waals surface area contributed by atoms with Gasteiger partial charge in [-0.05, 0) is 18.6 Å². The van der Waals surface area contributed by atoms with Crippen molar-refractivity contribution in [2.24, 2.45) is 5.73 Å². The van der Waals surface area contributed by atoms with Gasteiger partial charge in [0.25, 0.3) is 0 Å². The summed E-state index contributed by atoms with van der Waals surface area (Å²) in [5.41, 5.74) is 7.60. The van der Waals surface area contributed by atoms with Crippen LogP contribution in [-0.4, -0.2) is 47.5 Å². The Kier molecular flexibility index (Phi) is 4.11. The molecule has 1 aliphatic heterocycles. The molecule has 98 valence electrons. The second-order valence-corrected chi connectivity index (χ2v) is 4.75. The van der Waals surface area contributed by atoms with Crippen molar-refractivity contribution in [3.8, 4) is 0 Å². The molecule has 1 aromatic heterocycles. The highest BCUT2D eigenvalue weighted by Crippen LogP contribution is 2.22. The average Bonchev–Trinajstić information content (AvgIpc) is 2.38. The van der Waals surface area contributed by atoms with E-state index in [0.717, 1.165) is 23.5 Å². The first-order valence-corrected chi connectivity index (χ1v) is 6.27. The van der Waals surface area contributed by atoms with Gasteiger partial charge >= 0.3 is 0 Å². The lowest BCUT2D eigenvalue weighted by Gasteiger charge is -2.34. The summed E-state index contributed by atoms with van der Waals surface area (Å²) in [5.74, 6) is 0.782. The van der Waals surface area contributed by atoms with Gasteiger partial charge in [0.15, 0.2) is 0 Å². The van der Waals surface area contributed by atoms with Crippen molar-refractivity contribution in [2.75, 3.05) is 31.2 Å². The minimum atomic E-state index is -0.180. The molecular formula is C12H17N3O2S. The molecule has 1 fully saturated rings. The highest BCUT2D eigenvalue weighted by Gasteiger charge is 2.23. The summed E-state index contributed by atoms with van der Waals surface area (Å²) in [6, 6.07) is 1.89. The average molecular weight is 267 g/mol. The Labute approximate surface area is 112 Å². The quantitative estimate of drug-likeness (QED) is 0.764. The molecule has 0 aromatic carbocycles. The van der Waals surface area contributed by atoms with E-state index in [9.17, 15) is 0 Å². The maximum absolute atomic E-state index is 9.17. The molecule has 1 atom stereocenters. The van der Waals surface area contributed by atoms with Crippen molar-refractivity contribution in [1.29, 1.82) is 0 Å². The van der Waals surface area contributed by atoms with E-state index >= 15 is 0 Å². The van der Waals surface area contributed by atoms with Crippen LogP contribution >= 0.6 is 12.2 Å². The molecule has 1 unspecified atom stereocenters. The first-order chi connectivity index (χ1) is 8.63. The maximum Gasteiger partial charge on any atom is 0.139 e. The third kappa shape index (κ3) is 2.60. The third-order valence-corrected chi connectivity index (χ3v) is 3.23. The molecule has 0 bridgehead atoms. The summed E-state index contributed by atoms with van der Waals surface area (Å²) in [7, 11) is 0. The predicted octanol–water partition coefficient (Wildman–Crippen LogP) is 0.222. The summed E-state index contributed by atoms with van der Waals surface area (Å²) in [4.78, 5) is 6.79. The van der Waals surface area contributed by atoms with Gasteiger partial charge in [-0.15, -0.1) is 0 Å². The van der Waals surface area contributed by atoms with Gasteiger partial charge in [-0.2, -0.15) is 0 Å². The van der Waals surface area contributed by atoms with Gasteiger partial charge in [-0.25, -0.2) is 4.98 Å². The molecule has 2 heterocycles. The standard InChI is InChI=1S/C12H17N3O2S/c1-8-2-3-14-12(10(8)11(13)18)15-4-5-17-9(6-15)7-16/h2-3,9,16H,4-7H2,1H3,(H2,13,18). The Balaban J connectivity index is 2.32. The molecule has 0 spiro atoms. The number of hydrogen-bond acceptors (Lipinski definition) is 5. The highest BCUT2D eigenvalue weighted by molar-refractivity contribution is 7.80. The number of ether oxygens (including phenoxy) is 1. The van der Waals surface area contributed by atoms with Crippen LogP contribution in [0.15, 0.2) is 12.3 Å². The monoisotopic (exact) mass is 267 g/mol. The van der Waals surface area contributed by atoms with Gasteiger partial charge in [0.1, 0.15) is 10.8 Å². The number of nitrogens with two attached hydrogens (primary N) is 1. The molecule has 3 N–H and O–H groups in total. The fourth-order valence-corrected chi connectivity index (χ4v) is 2.36. The van der Waals surface area contributed by atoms with Crippen molar-refractivity contribution < 1.29 is 9.84 Å². The number of aliphatic hydroxyl groups excluding tert-OH is 1. The fraction of sp³-hybridized carbons (Fsp3) is 0.500. The molecule has 18 heavy (non-hydrogen) atoms. The molecule has 0 radical (unpaired) electrons. The number of rotatable bonds is 3. The van der Waals surface area contributed by atoms with Crippen molar-refractivity contribution >= 4 is 23.0 Å². The second-order valence-electron chi connectivity index (χ2n) is 4.31. The zero-order valence-electron chi connectivity index (χ0n) is 10.3. The molecule has 1 aliphatic rings. The molecular weight excluding hydrogens is 250 g/mol. The second kappa shape index (κ2) is 5.60. The van der Waals surface area contributed by atoms with Crippen molar-refractivity contribution in [1.82, 2.24) is 4.98 Å². The number of thiocarbonyl (C=S) groups is 1. The first-order valence-electron chi connectivity index (χ1n) is 5.86. The molecule has 6 heteroatoms. The van der Waals surface area contributed by atoms with Gasteiger partial charge in [0.2, 0.25) is 0 Å². The minimum Gasteiger partial charge on any atom is -0.394 e. The highest BCUT2D eigenvalue weighted by atomic mass is 32.1. The van der Waals surface area contributed by atoms with E-state index in [1.54, 1.807) is 6.20 Å². The summed E-state index contributed by atoms with van der Waals surface area (Å²) in [6.45, 7) is 3.86. The number of morpholine rings is 1. The smallest absolute Gasteiger partial charge is 0.139 e. The zero-order valence-corrected chi connectivity index (χ0v) is 11.1. The van der Waals surface area contributed by atoms with Crippen LogP contribution < -0.4 is 10.6 Å². The molecule has 1 aromatic rings. The number of aromatic nitrogens is 1. The van der Waals surface area contributed by atoms with Crippen LogP contribution in [0, 0.1) is 6.92 Å². The largest absolute Gasteiger partial charge is 0.394 e. The fourth-order valence-electron chi connectivity index (χ4n) is 2.11. The van der Waals surface area contributed by atoms with Gasteiger partial charge in [0.05, 0.1) is 24.9 Å². The van der Waals surface area contributed by atoms with E-state index in [0.29, 0.717) is 18.1 Å². The summed E-state index contributed by atoms with van der Waals surface area (Å²) in [5, 5.41) is 9.17. The zero-order chi connectivity index (χ0) is 13.1. The minimum absolute atomic E-state index is 0.00468. The molecule has 1 saturated heterocycles. The van der Waals surface area contributed by atoms with E-state index in [1.165, 1.54) is 0 Å². The number of anilines is 1. The lowest BCUT2D eigenvalue weighted by atomic mass is 10.1. The lowest BCUT2D eigenvalue weighted by Crippen LogP contribution is -2.45. The molecule has 0 aliphatic carbocycles. The SMILES string of the molecule is Cc1ccnc(N2CCOC(CO)C2)c1C(N)=S. The van der Waals surface area contributed by atoms with Crippen LogP contribution in [0.2, 0.25) is 0 Å². The van der Waals surface area contributed by atoms with E-state index in [-0.39, 0.29) is 12.7 Å². The number of hydrogen-bond donors (Lipinski definition) is 2. The molecule has 5 nitrogen and oxygen atoms in total. The Morgan fingerprint density at radius 2 is 2.50 bits per heavy atom. The Morgan fingerprint density at radius 3 is 3.17 bits per heavy atom. The summed E-state index contributed by atoms with van der Waals surface area (Å²) >= 11 is 5.09. The van der Waals surface area contributed by atoms with Crippen LogP contribution in [-0.2, 0) is 4.74 Å². The molecule has 2 rings (SSSR count). The molecule has 0 amide bonds. The van der Waals surface area contributed by atoms with Crippen molar-refractivity contribution in [3.05, 3.63) is 23.4 Å². The van der Waals surface area contributed by atoms with E-state index in [1.807, 2.05) is 13.0 Å². The third-order valence-electron chi connectivity index (χ3n) is 3.03. The Morgan fingerprint density at radius 1 is 1.72 bits per heavy atom. The van der Waals surface area contributed by atoms with E-state index in [4.69, 9.17) is 27.8 Å². The molecule has 0 saturated carbocycles. The number of aryl methyl sites for hydroxylation is 1. The number of pyridine rings is 1. The predicted molar refractivity (Wildman–Crippen MR) is 73.9 cm³/mol. The normalized spacial score (nSPS) is 19.9. The van der Waals surface area contributed by atoms with E-state index in [2.05, 4.69) is 9.88 Å². The van der Waals surface area contributed by atoms with Crippen LogP contribution in [0.5, 0.6) is 0 Å². The summed E-state index contributed by atoms with van der Waals surface area (Å²) < 4.78 is 5.43. The first kappa shape index (κ1) is 13.2. The van der Waals surface area contributed by atoms with Crippen molar-refractivity contribution in [2.45, 2.75) is 13.0 Å². The van der Waals surface area contributed by atoms with Crippen LogP contribution in [0.25, 0.3) is 0 Å². The van der Waals surface area contributed by atoms with Gasteiger partial charge in [-0.1, -0.05) is 12.2 Å². The number of aliphatic hydroxyl groups is 1. The van der Waals surface area contributed by atoms with Crippen LogP contribution in [0.1, 0.15) is 11.1 Å². The van der Waals surface area contributed by atoms with Crippen molar-refractivity contribution in [3.63, 3.8) is 0 Å². The Bertz CT molecular complexity index is 453. The summed E-state index contributed by atoms with van der Waals surface area (Å²) in [6.07, 6.45) is 1.57. The van der Waals surface area contributed by atoms with Crippen LogP contribution in [0.4, 0.5) is 5.82 Å². The number of nitrogens with zero attached hydrogens (tertiary/aromatic N) is 2. The van der Waals surface area contributed by atoms with Gasteiger partial charge < -0.3 is 20.5 Å². The maximum atomic E-state index is 9.17. The lowest BCUT2D eigenvalue weighted by molar-refractivity contribution is 0.00335. The van der Waals surface area contributed by atoms with Gasteiger partial charge in [-0.3, -0.25) is 0 Å². The van der Waals surface area contributed by atoms with Crippen LogP contribution in [0.3, 0.4) is 0 Å². The topological polar surface area (TPSA) is 71.6 Å².